The van der Waals surface area contributed by atoms with Crippen molar-refractivity contribution in [3.05, 3.63) is 29.8 Å². The average Bonchev–Trinajstić information content (AvgIpc) is 2.67. The van der Waals surface area contributed by atoms with Gasteiger partial charge in [0.1, 0.15) is 12.4 Å². The molecule has 1 amide bonds. The largest absolute Gasteiger partial charge is 0.448 e. The number of carbonyl (C=O) groups is 2. The second kappa shape index (κ2) is 4.86. The summed E-state index contributed by atoms with van der Waals surface area (Å²) in [5, 5.41) is 0. The molecule has 5 heteroatoms. The van der Waals surface area contributed by atoms with Crippen LogP contribution >= 0.6 is 0 Å². The van der Waals surface area contributed by atoms with Crippen molar-refractivity contribution in [2.24, 2.45) is 0 Å². The van der Waals surface area contributed by atoms with Crippen LogP contribution in [0.5, 0.6) is 5.75 Å². The number of esters is 1. The lowest BCUT2D eigenvalue weighted by atomic mass is 10.2. The minimum atomic E-state index is -0.374. The number of rotatable bonds is 3. The van der Waals surface area contributed by atoms with Gasteiger partial charge in [-0.1, -0.05) is 18.2 Å². The lowest BCUT2D eigenvalue weighted by molar-refractivity contribution is -0.131. The van der Waals surface area contributed by atoms with E-state index in [1.54, 1.807) is 17.0 Å². The van der Waals surface area contributed by atoms with Crippen LogP contribution in [0.25, 0.3) is 0 Å². The molecule has 0 aromatic heterocycles. The van der Waals surface area contributed by atoms with Crippen LogP contribution in [0.15, 0.2) is 24.3 Å². The maximum atomic E-state index is 11.3. The maximum absolute atomic E-state index is 11.3. The van der Waals surface area contributed by atoms with Crippen LogP contribution in [-0.2, 0) is 16.1 Å². The first-order valence-corrected chi connectivity index (χ1v) is 5.35. The van der Waals surface area contributed by atoms with Crippen LogP contribution in [0.4, 0.5) is 4.79 Å². The fourth-order valence-corrected chi connectivity index (χ4v) is 1.66. The van der Waals surface area contributed by atoms with E-state index in [1.165, 1.54) is 6.92 Å². The number of amides is 1. The lowest BCUT2D eigenvalue weighted by Gasteiger charge is -2.14. The molecule has 0 saturated carbocycles. The number of carbonyl (C=O) groups excluding carboxylic acids is 2. The van der Waals surface area contributed by atoms with E-state index in [0.717, 1.165) is 5.56 Å². The van der Waals surface area contributed by atoms with E-state index in [1.807, 2.05) is 12.1 Å². The van der Waals surface area contributed by atoms with Crippen molar-refractivity contribution in [1.29, 1.82) is 0 Å². The van der Waals surface area contributed by atoms with Crippen molar-refractivity contribution in [2.75, 3.05) is 13.2 Å². The number of hydrogen-bond donors (Lipinski definition) is 0. The number of benzene rings is 1. The van der Waals surface area contributed by atoms with Crippen LogP contribution in [0.1, 0.15) is 12.5 Å². The van der Waals surface area contributed by atoms with Crippen molar-refractivity contribution in [2.45, 2.75) is 13.5 Å². The monoisotopic (exact) mass is 235 g/mol. The highest BCUT2D eigenvalue weighted by Gasteiger charge is 2.23. The molecular formula is C12H13NO4. The van der Waals surface area contributed by atoms with Crippen molar-refractivity contribution in [1.82, 2.24) is 4.90 Å². The van der Waals surface area contributed by atoms with Gasteiger partial charge in [-0.2, -0.15) is 0 Å². The summed E-state index contributed by atoms with van der Waals surface area (Å²) in [5.74, 6) is 0.112. The van der Waals surface area contributed by atoms with Gasteiger partial charge in [0.2, 0.25) is 0 Å². The van der Waals surface area contributed by atoms with Crippen LogP contribution in [0.2, 0.25) is 0 Å². The summed E-state index contributed by atoms with van der Waals surface area (Å²) < 4.78 is 9.91. The van der Waals surface area contributed by atoms with Crippen LogP contribution in [-0.4, -0.2) is 30.1 Å². The zero-order valence-corrected chi connectivity index (χ0v) is 9.51. The molecule has 2 rings (SSSR count). The zero-order chi connectivity index (χ0) is 12.3. The third kappa shape index (κ3) is 2.75. The third-order valence-corrected chi connectivity index (χ3v) is 2.43. The second-order valence-corrected chi connectivity index (χ2v) is 3.74. The van der Waals surface area contributed by atoms with Gasteiger partial charge < -0.3 is 14.4 Å². The van der Waals surface area contributed by atoms with Gasteiger partial charge in [-0.25, -0.2) is 4.79 Å². The molecule has 1 aromatic carbocycles. The summed E-state index contributed by atoms with van der Waals surface area (Å²) in [5.41, 5.74) is 0.793. The Morgan fingerprint density at radius 3 is 2.88 bits per heavy atom. The van der Waals surface area contributed by atoms with Gasteiger partial charge in [-0.15, -0.1) is 0 Å². The Morgan fingerprint density at radius 1 is 1.47 bits per heavy atom. The molecule has 0 spiro atoms. The zero-order valence-electron chi connectivity index (χ0n) is 9.51. The van der Waals surface area contributed by atoms with Crippen LogP contribution in [0.3, 0.4) is 0 Å². The predicted molar refractivity (Wildman–Crippen MR) is 59.5 cm³/mol. The van der Waals surface area contributed by atoms with E-state index < -0.39 is 0 Å². The SMILES string of the molecule is CC(=O)Oc1ccccc1CN1CCOC1=O. The molecule has 17 heavy (non-hydrogen) atoms. The molecule has 1 heterocycles. The molecule has 1 aliphatic heterocycles. The average molecular weight is 235 g/mol. The van der Waals surface area contributed by atoms with Crippen molar-refractivity contribution >= 4 is 12.1 Å². The second-order valence-electron chi connectivity index (χ2n) is 3.74. The molecule has 0 atom stereocenters. The fourth-order valence-electron chi connectivity index (χ4n) is 1.66. The smallest absolute Gasteiger partial charge is 0.410 e. The highest BCUT2D eigenvalue weighted by Crippen LogP contribution is 2.21. The van der Waals surface area contributed by atoms with Gasteiger partial charge in [0.15, 0.2) is 0 Å². The fraction of sp³-hybridized carbons (Fsp3) is 0.333. The number of hydrogen-bond acceptors (Lipinski definition) is 4. The molecule has 0 bridgehead atoms. The number of cyclic esters (lactones) is 1. The Bertz CT molecular complexity index is 444. The van der Waals surface area contributed by atoms with Gasteiger partial charge in [0.05, 0.1) is 13.1 Å². The van der Waals surface area contributed by atoms with Crippen molar-refractivity contribution < 1.29 is 19.1 Å². The standard InChI is InChI=1S/C12H13NO4/c1-9(14)17-11-5-3-2-4-10(11)8-13-6-7-16-12(13)15/h2-5H,6-8H2,1H3. The summed E-state index contributed by atoms with van der Waals surface area (Å²) in [7, 11) is 0. The first-order valence-electron chi connectivity index (χ1n) is 5.35. The van der Waals surface area contributed by atoms with Crippen LogP contribution < -0.4 is 4.74 Å². The normalized spacial score (nSPS) is 14.6. The van der Waals surface area contributed by atoms with Gasteiger partial charge >= 0.3 is 12.1 Å². The Kier molecular flexibility index (Phi) is 3.27. The number of para-hydroxylation sites is 1. The first kappa shape index (κ1) is 11.4. The van der Waals surface area contributed by atoms with E-state index in [9.17, 15) is 9.59 Å². The Morgan fingerprint density at radius 2 is 2.24 bits per heavy atom. The molecule has 0 radical (unpaired) electrons. The van der Waals surface area contributed by atoms with Gasteiger partial charge in [-0.05, 0) is 6.07 Å². The van der Waals surface area contributed by atoms with Crippen molar-refractivity contribution in [3.63, 3.8) is 0 Å². The maximum Gasteiger partial charge on any atom is 0.410 e. The topological polar surface area (TPSA) is 55.8 Å². The molecule has 90 valence electrons. The summed E-state index contributed by atoms with van der Waals surface area (Å²) >= 11 is 0. The van der Waals surface area contributed by atoms with E-state index in [0.29, 0.717) is 25.4 Å². The molecule has 0 unspecified atom stereocenters. The number of ether oxygens (including phenoxy) is 2. The first-order chi connectivity index (χ1) is 8.16. The third-order valence-electron chi connectivity index (χ3n) is 2.43. The molecule has 1 fully saturated rings. The molecule has 0 aliphatic carbocycles. The van der Waals surface area contributed by atoms with Gasteiger partial charge in [-0.3, -0.25) is 4.79 Å². The molecule has 5 nitrogen and oxygen atoms in total. The summed E-state index contributed by atoms with van der Waals surface area (Å²) in [6.07, 6.45) is -0.331. The van der Waals surface area contributed by atoms with Crippen LogP contribution in [0, 0.1) is 0 Å². The highest BCUT2D eigenvalue weighted by atomic mass is 16.6. The predicted octanol–water partition coefficient (Wildman–Crippen LogP) is 1.56. The van der Waals surface area contributed by atoms with Crippen molar-refractivity contribution in [3.8, 4) is 5.75 Å². The number of nitrogens with zero attached hydrogens (tertiary/aromatic N) is 1. The summed E-state index contributed by atoms with van der Waals surface area (Å²) in [4.78, 5) is 23.8. The quantitative estimate of drug-likeness (QED) is 0.589. The van der Waals surface area contributed by atoms with E-state index in [-0.39, 0.29) is 12.1 Å². The molecule has 1 saturated heterocycles. The van der Waals surface area contributed by atoms with E-state index in [4.69, 9.17) is 9.47 Å². The molecule has 0 N–H and O–H groups in total. The highest BCUT2D eigenvalue weighted by molar-refractivity contribution is 5.71. The lowest BCUT2D eigenvalue weighted by Crippen LogP contribution is -2.24. The van der Waals surface area contributed by atoms with Gasteiger partial charge in [0, 0.05) is 12.5 Å². The summed E-state index contributed by atoms with van der Waals surface area (Å²) in [6, 6.07) is 7.15. The Hall–Kier alpha value is -2.04. The Balaban J connectivity index is 2.14. The summed E-state index contributed by atoms with van der Waals surface area (Å²) in [6.45, 7) is 2.71. The minimum Gasteiger partial charge on any atom is -0.448 e. The van der Waals surface area contributed by atoms with Gasteiger partial charge in [0.25, 0.3) is 0 Å². The molecule has 1 aromatic rings. The molecule has 1 aliphatic rings. The van der Waals surface area contributed by atoms with E-state index >= 15 is 0 Å². The molecular weight excluding hydrogens is 222 g/mol. The Labute approximate surface area is 98.9 Å². The van der Waals surface area contributed by atoms with E-state index in [2.05, 4.69) is 0 Å². The minimum absolute atomic E-state index is 0.331.